The van der Waals surface area contributed by atoms with E-state index in [1.807, 2.05) is 6.92 Å². The van der Waals surface area contributed by atoms with Gasteiger partial charge in [0.2, 0.25) is 5.88 Å². The summed E-state index contributed by atoms with van der Waals surface area (Å²) in [4.78, 5) is 27.6. The minimum Gasteiger partial charge on any atom is -0.474 e. The molecule has 2 aliphatic heterocycles. The summed E-state index contributed by atoms with van der Waals surface area (Å²) in [5.41, 5.74) is -0.487. The Hall–Kier alpha value is -1.63. The highest BCUT2D eigenvalue weighted by atomic mass is 79.9. The molecule has 2 atom stereocenters. The Bertz CT molecular complexity index is 562. The third-order valence-corrected chi connectivity index (χ3v) is 3.56. The first-order valence-electron chi connectivity index (χ1n) is 5.47. The lowest BCUT2D eigenvalue weighted by Gasteiger charge is -2.35. The van der Waals surface area contributed by atoms with Crippen LogP contribution in [0.4, 0.5) is 4.79 Å². The van der Waals surface area contributed by atoms with Gasteiger partial charge in [0.25, 0.3) is 5.91 Å². The zero-order valence-electron chi connectivity index (χ0n) is 9.49. The highest BCUT2D eigenvalue weighted by Gasteiger charge is 2.53. The molecule has 2 aliphatic rings. The van der Waals surface area contributed by atoms with Gasteiger partial charge in [-0.05, 0) is 28.9 Å². The Morgan fingerprint density at radius 2 is 2.33 bits per heavy atom. The Labute approximate surface area is 111 Å². The number of hydrogen-bond donors (Lipinski definition) is 2. The van der Waals surface area contributed by atoms with Crippen LogP contribution in [-0.4, -0.2) is 23.0 Å². The topological polar surface area (TPSA) is 80.3 Å². The number of halogens is 1. The molecule has 3 amide bonds. The molecule has 0 unspecified atom stereocenters. The van der Waals surface area contributed by atoms with Gasteiger partial charge in [-0.15, -0.1) is 0 Å². The summed E-state index contributed by atoms with van der Waals surface area (Å²) < 4.78 is 6.32. The van der Waals surface area contributed by atoms with Crippen molar-refractivity contribution in [3.05, 3.63) is 22.3 Å². The number of rotatable bonds is 0. The number of imide groups is 1. The van der Waals surface area contributed by atoms with E-state index in [9.17, 15) is 9.59 Å². The number of pyridine rings is 1. The largest absolute Gasteiger partial charge is 0.474 e. The molecule has 1 aromatic heterocycles. The van der Waals surface area contributed by atoms with Gasteiger partial charge < -0.3 is 10.1 Å². The molecule has 0 saturated carbocycles. The molecule has 0 aromatic carbocycles. The fourth-order valence-electron chi connectivity index (χ4n) is 2.42. The van der Waals surface area contributed by atoms with Gasteiger partial charge in [-0.25, -0.2) is 9.78 Å². The van der Waals surface area contributed by atoms with E-state index in [2.05, 4.69) is 31.5 Å². The summed E-state index contributed by atoms with van der Waals surface area (Å²) in [6.07, 6.45) is 1.78. The Morgan fingerprint density at radius 3 is 3.00 bits per heavy atom. The van der Waals surface area contributed by atoms with Gasteiger partial charge in [0, 0.05) is 17.1 Å². The van der Waals surface area contributed by atoms with Crippen molar-refractivity contribution in [3.63, 3.8) is 0 Å². The standard InChI is InChI=1S/C11H10BrN3O3/c1-5-3-11(9(16)14-10(17)15-11)7-2-6(12)4-13-8(7)18-5/h2,4-5H,3H2,1H3,(H2,14,15,16,17)/t5-,11+/m0/s1. The molecule has 1 spiro atoms. The van der Waals surface area contributed by atoms with E-state index in [4.69, 9.17) is 4.74 Å². The zero-order chi connectivity index (χ0) is 12.9. The number of nitrogens with zero attached hydrogens (tertiary/aromatic N) is 1. The first-order valence-corrected chi connectivity index (χ1v) is 6.27. The maximum absolute atomic E-state index is 12.1. The molecular formula is C11H10BrN3O3. The summed E-state index contributed by atoms with van der Waals surface area (Å²) in [6.45, 7) is 1.84. The third kappa shape index (κ3) is 1.50. The quantitative estimate of drug-likeness (QED) is 0.702. The minimum atomic E-state index is -1.07. The summed E-state index contributed by atoms with van der Waals surface area (Å²) in [7, 11) is 0. The zero-order valence-corrected chi connectivity index (χ0v) is 11.1. The number of ether oxygens (including phenoxy) is 1. The van der Waals surface area contributed by atoms with Crippen molar-refractivity contribution in [2.45, 2.75) is 25.0 Å². The molecule has 1 saturated heterocycles. The average Bonchev–Trinajstić information content (AvgIpc) is 2.55. The van der Waals surface area contributed by atoms with Crippen LogP contribution < -0.4 is 15.4 Å². The van der Waals surface area contributed by atoms with E-state index in [1.54, 1.807) is 12.3 Å². The predicted octanol–water partition coefficient (Wildman–Crippen LogP) is 1.05. The normalized spacial score (nSPS) is 29.6. The van der Waals surface area contributed by atoms with Crippen molar-refractivity contribution in [1.29, 1.82) is 0 Å². The van der Waals surface area contributed by atoms with Crippen LogP contribution in [0, 0.1) is 0 Å². The number of hydrogen-bond acceptors (Lipinski definition) is 4. The number of urea groups is 1. The Balaban J connectivity index is 2.20. The number of fused-ring (bicyclic) bond motifs is 2. The van der Waals surface area contributed by atoms with Gasteiger partial charge >= 0.3 is 6.03 Å². The van der Waals surface area contributed by atoms with Crippen LogP contribution >= 0.6 is 15.9 Å². The average molecular weight is 312 g/mol. The predicted molar refractivity (Wildman–Crippen MR) is 65.0 cm³/mol. The van der Waals surface area contributed by atoms with Crippen LogP contribution in [0.15, 0.2) is 16.7 Å². The number of carbonyl (C=O) groups is 2. The highest BCUT2D eigenvalue weighted by Crippen LogP contribution is 2.40. The fourth-order valence-corrected chi connectivity index (χ4v) is 2.76. The van der Waals surface area contributed by atoms with Gasteiger partial charge in [-0.3, -0.25) is 10.1 Å². The summed E-state index contributed by atoms with van der Waals surface area (Å²) in [5, 5.41) is 4.96. The molecule has 94 valence electrons. The SMILES string of the molecule is C[C@H]1C[C@@]2(NC(=O)NC2=O)c2cc(Br)cnc2O1. The maximum Gasteiger partial charge on any atom is 0.322 e. The van der Waals surface area contributed by atoms with Crippen LogP contribution in [0.2, 0.25) is 0 Å². The number of amides is 3. The molecule has 3 rings (SSSR count). The van der Waals surface area contributed by atoms with Crippen molar-refractivity contribution in [2.24, 2.45) is 0 Å². The first kappa shape index (κ1) is 11.5. The van der Waals surface area contributed by atoms with Gasteiger partial charge in [0.15, 0.2) is 5.54 Å². The molecular weight excluding hydrogens is 302 g/mol. The van der Waals surface area contributed by atoms with Crippen LogP contribution in [0.1, 0.15) is 18.9 Å². The van der Waals surface area contributed by atoms with Crippen molar-refractivity contribution in [1.82, 2.24) is 15.6 Å². The van der Waals surface area contributed by atoms with E-state index < -0.39 is 11.6 Å². The lowest BCUT2D eigenvalue weighted by Crippen LogP contribution is -2.49. The number of aromatic nitrogens is 1. The van der Waals surface area contributed by atoms with Gasteiger partial charge in [-0.2, -0.15) is 0 Å². The van der Waals surface area contributed by atoms with Crippen molar-refractivity contribution >= 4 is 27.9 Å². The van der Waals surface area contributed by atoms with Crippen molar-refractivity contribution in [3.8, 4) is 5.88 Å². The second-order valence-corrected chi connectivity index (χ2v) is 5.37. The van der Waals surface area contributed by atoms with E-state index in [1.165, 1.54) is 0 Å². The Morgan fingerprint density at radius 1 is 1.56 bits per heavy atom. The molecule has 1 aromatic rings. The third-order valence-electron chi connectivity index (χ3n) is 3.13. The van der Waals surface area contributed by atoms with Crippen LogP contribution in [0.25, 0.3) is 0 Å². The summed E-state index contributed by atoms with van der Waals surface area (Å²) in [5.74, 6) is 0.0260. The number of carbonyl (C=O) groups excluding carboxylic acids is 2. The lowest BCUT2D eigenvalue weighted by molar-refractivity contribution is -0.126. The minimum absolute atomic E-state index is 0.199. The maximum atomic E-state index is 12.1. The summed E-state index contributed by atoms with van der Waals surface area (Å²) in [6, 6.07) is 1.26. The second kappa shape index (κ2) is 3.68. The molecule has 0 aliphatic carbocycles. The molecule has 1 fully saturated rings. The van der Waals surface area contributed by atoms with E-state index in [0.717, 1.165) is 4.47 Å². The first-order chi connectivity index (χ1) is 8.51. The molecule has 3 heterocycles. The highest BCUT2D eigenvalue weighted by molar-refractivity contribution is 9.10. The molecule has 0 bridgehead atoms. The molecule has 6 nitrogen and oxygen atoms in total. The molecule has 7 heteroatoms. The van der Waals surface area contributed by atoms with Crippen LogP contribution in [0.3, 0.4) is 0 Å². The van der Waals surface area contributed by atoms with E-state index in [0.29, 0.717) is 17.9 Å². The van der Waals surface area contributed by atoms with Crippen molar-refractivity contribution < 1.29 is 14.3 Å². The van der Waals surface area contributed by atoms with E-state index >= 15 is 0 Å². The van der Waals surface area contributed by atoms with Gasteiger partial charge in [0.05, 0.1) is 5.56 Å². The second-order valence-electron chi connectivity index (χ2n) is 4.45. The molecule has 0 radical (unpaired) electrons. The van der Waals surface area contributed by atoms with Crippen LogP contribution in [-0.2, 0) is 10.3 Å². The van der Waals surface area contributed by atoms with Crippen molar-refractivity contribution in [2.75, 3.05) is 0 Å². The molecule has 18 heavy (non-hydrogen) atoms. The fraction of sp³-hybridized carbons (Fsp3) is 0.364. The Kier molecular flexibility index (Phi) is 2.34. The summed E-state index contributed by atoms with van der Waals surface area (Å²) >= 11 is 3.31. The number of nitrogens with one attached hydrogen (secondary N) is 2. The van der Waals surface area contributed by atoms with Crippen LogP contribution in [0.5, 0.6) is 5.88 Å². The van der Waals surface area contributed by atoms with Gasteiger partial charge in [0.1, 0.15) is 6.10 Å². The molecule has 2 N–H and O–H groups in total. The van der Waals surface area contributed by atoms with E-state index in [-0.39, 0.29) is 12.0 Å². The monoisotopic (exact) mass is 311 g/mol. The smallest absolute Gasteiger partial charge is 0.322 e. The lowest BCUT2D eigenvalue weighted by atomic mass is 9.83. The van der Waals surface area contributed by atoms with Gasteiger partial charge in [-0.1, -0.05) is 0 Å².